The fraction of sp³-hybridized carbons (Fsp3) is 0.364. The van der Waals surface area contributed by atoms with Gasteiger partial charge in [-0.3, -0.25) is 10.6 Å². The zero-order chi connectivity index (χ0) is 12.7. The number of amides is 1. The van der Waals surface area contributed by atoms with Crippen LogP contribution in [0.2, 0.25) is 0 Å². The molecular formula is C11H15N5O. The van der Waals surface area contributed by atoms with Gasteiger partial charge in [-0.15, -0.1) is 0 Å². The molecule has 3 N–H and O–H groups in total. The van der Waals surface area contributed by atoms with Gasteiger partial charge >= 0.3 is 0 Å². The average Bonchev–Trinajstić information content (AvgIpc) is 2.39. The molecule has 1 aromatic rings. The van der Waals surface area contributed by atoms with E-state index in [4.69, 9.17) is 11.1 Å². The predicted molar refractivity (Wildman–Crippen MR) is 63.9 cm³/mol. The number of carbonyl (C=O) groups excluding carboxylic acids is 1. The van der Waals surface area contributed by atoms with Crippen molar-refractivity contribution in [1.29, 1.82) is 5.26 Å². The molecule has 0 unspecified atom stereocenters. The molecule has 17 heavy (non-hydrogen) atoms. The molecule has 1 heterocycles. The number of hydrogen-bond donors (Lipinski definition) is 2. The number of nitrogens with zero attached hydrogens (tertiary/aromatic N) is 3. The van der Waals surface area contributed by atoms with Crippen LogP contribution in [-0.2, 0) is 0 Å². The third-order valence-corrected chi connectivity index (χ3v) is 2.31. The zero-order valence-electron chi connectivity index (χ0n) is 9.68. The first-order valence-electron chi connectivity index (χ1n) is 5.31. The number of rotatable bonds is 5. The van der Waals surface area contributed by atoms with Crippen molar-refractivity contribution >= 4 is 11.6 Å². The number of nitrogens with two attached hydrogens (primary N) is 1. The summed E-state index contributed by atoms with van der Waals surface area (Å²) < 4.78 is 0. The first-order valence-corrected chi connectivity index (χ1v) is 5.31. The van der Waals surface area contributed by atoms with E-state index in [0.29, 0.717) is 30.9 Å². The van der Waals surface area contributed by atoms with Gasteiger partial charge in [-0.2, -0.15) is 5.26 Å². The van der Waals surface area contributed by atoms with Gasteiger partial charge in [-0.05, 0) is 19.1 Å². The van der Waals surface area contributed by atoms with Crippen molar-refractivity contribution in [1.82, 2.24) is 9.88 Å². The Balaban J connectivity index is 2.75. The Labute approximate surface area is 100 Å². The smallest absolute Gasteiger partial charge is 0.272 e. The van der Waals surface area contributed by atoms with Gasteiger partial charge in [-0.25, -0.2) is 4.98 Å². The minimum absolute atomic E-state index is 0.175. The molecule has 0 radical (unpaired) electrons. The predicted octanol–water partition coefficient (Wildman–Crippen LogP) is 0.743. The molecule has 90 valence electrons. The van der Waals surface area contributed by atoms with E-state index >= 15 is 0 Å². The number of hydrogen-bond acceptors (Lipinski definition) is 5. The second-order valence-electron chi connectivity index (χ2n) is 3.37. The molecule has 1 rings (SSSR count). The van der Waals surface area contributed by atoms with Gasteiger partial charge in [-0.1, -0.05) is 0 Å². The van der Waals surface area contributed by atoms with Crippen molar-refractivity contribution in [2.75, 3.05) is 18.5 Å². The monoisotopic (exact) mass is 233 g/mol. The first-order chi connectivity index (χ1) is 8.22. The maximum absolute atomic E-state index is 12.0. The highest BCUT2D eigenvalue weighted by Gasteiger charge is 2.14. The zero-order valence-corrected chi connectivity index (χ0v) is 9.68. The number of nitriles is 1. The number of nitrogens with one attached hydrogen (secondary N) is 1. The molecule has 1 amide bonds. The minimum atomic E-state index is -0.175. The van der Waals surface area contributed by atoms with Gasteiger partial charge < -0.3 is 10.3 Å². The summed E-state index contributed by atoms with van der Waals surface area (Å²) in [5.74, 6) is 5.03. The fourth-order valence-electron chi connectivity index (χ4n) is 1.36. The number of aromatic nitrogens is 1. The first kappa shape index (κ1) is 12.9. The third-order valence-electron chi connectivity index (χ3n) is 2.31. The van der Waals surface area contributed by atoms with Crippen LogP contribution in [0.5, 0.6) is 0 Å². The van der Waals surface area contributed by atoms with Gasteiger partial charge in [0.1, 0.15) is 5.69 Å². The van der Waals surface area contributed by atoms with Crippen molar-refractivity contribution in [3.63, 3.8) is 0 Å². The summed E-state index contributed by atoms with van der Waals surface area (Å²) in [5.41, 5.74) is 3.43. The van der Waals surface area contributed by atoms with Crippen molar-refractivity contribution in [2.24, 2.45) is 5.84 Å². The van der Waals surface area contributed by atoms with E-state index in [0.717, 1.165) is 0 Å². The van der Waals surface area contributed by atoms with Crippen LogP contribution in [0.1, 0.15) is 23.8 Å². The highest BCUT2D eigenvalue weighted by atomic mass is 16.2. The third kappa shape index (κ3) is 3.43. The molecule has 0 bridgehead atoms. The molecule has 6 nitrogen and oxygen atoms in total. The van der Waals surface area contributed by atoms with Gasteiger partial charge in [0, 0.05) is 13.1 Å². The molecular weight excluding hydrogens is 218 g/mol. The molecule has 0 atom stereocenters. The topological polar surface area (TPSA) is 95.0 Å². The van der Waals surface area contributed by atoms with Crippen LogP contribution in [0.25, 0.3) is 0 Å². The van der Waals surface area contributed by atoms with Crippen LogP contribution in [-0.4, -0.2) is 28.9 Å². The lowest BCUT2D eigenvalue weighted by atomic mass is 10.3. The standard InChI is InChI=1S/C11H15N5O/c1-2-16(7-3-6-12)11(17)10-5-4-9(15-13)8-14-10/h4-5,8,15H,2-3,7,13H2,1H3. The fourth-order valence-corrected chi connectivity index (χ4v) is 1.36. The second kappa shape index (κ2) is 6.45. The minimum Gasteiger partial charge on any atom is -0.337 e. The van der Waals surface area contributed by atoms with E-state index in [-0.39, 0.29) is 5.91 Å². The van der Waals surface area contributed by atoms with Gasteiger partial charge in [0.2, 0.25) is 0 Å². The summed E-state index contributed by atoms with van der Waals surface area (Å²) in [6, 6.07) is 5.30. The summed E-state index contributed by atoms with van der Waals surface area (Å²) in [7, 11) is 0. The summed E-state index contributed by atoms with van der Waals surface area (Å²) in [4.78, 5) is 17.6. The number of hydrazine groups is 1. The average molecular weight is 233 g/mol. The molecule has 6 heteroatoms. The van der Waals surface area contributed by atoms with E-state index in [9.17, 15) is 4.79 Å². The SMILES string of the molecule is CCN(CCC#N)C(=O)c1ccc(NN)cn1. The Morgan fingerprint density at radius 3 is 2.88 bits per heavy atom. The molecule has 0 saturated carbocycles. The van der Waals surface area contributed by atoms with Gasteiger partial charge in [0.25, 0.3) is 5.91 Å². The summed E-state index contributed by atoms with van der Waals surface area (Å²) in [6.07, 6.45) is 1.81. The second-order valence-corrected chi connectivity index (χ2v) is 3.37. The Kier molecular flexibility index (Phi) is 4.91. The van der Waals surface area contributed by atoms with Crippen LogP contribution in [0.15, 0.2) is 18.3 Å². The van der Waals surface area contributed by atoms with Crippen LogP contribution in [0.3, 0.4) is 0 Å². The van der Waals surface area contributed by atoms with Crippen molar-refractivity contribution in [2.45, 2.75) is 13.3 Å². The largest absolute Gasteiger partial charge is 0.337 e. The lowest BCUT2D eigenvalue weighted by Gasteiger charge is -2.18. The Morgan fingerprint density at radius 1 is 1.65 bits per heavy atom. The van der Waals surface area contributed by atoms with Crippen LogP contribution >= 0.6 is 0 Å². The lowest BCUT2D eigenvalue weighted by Crippen LogP contribution is -2.32. The number of anilines is 1. The normalized spacial score (nSPS) is 9.47. The summed E-state index contributed by atoms with van der Waals surface area (Å²) in [6.45, 7) is 2.84. The van der Waals surface area contributed by atoms with E-state index in [1.165, 1.54) is 6.20 Å². The molecule has 0 aliphatic rings. The molecule has 0 aromatic carbocycles. The summed E-state index contributed by atoms with van der Waals surface area (Å²) in [5, 5.41) is 8.51. The summed E-state index contributed by atoms with van der Waals surface area (Å²) >= 11 is 0. The van der Waals surface area contributed by atoms with Crippen molar-refractivity contribution in [3.8, 4) is 6.07 Å². The number of nitrogen functional groups attached to an aromatic ring is 1. The Bertz CT molecular complexity index is 409. The van der Waals surface area contributed by atoms with Crippen molar-refractivity contribution in [3.05, 3.63) is 24.0 Å². The molecule has 0 spiro atoms. The molecule has 0 fully saturated rings. The molecule has 0 saturated heterocycles. The molecule has 1 aromatic heterocycles. The van der Waals surface area contributed by atoms with Crippen LogP contribution in [0, 0.1) is 11.3 Å². The van der Waals surface area contributed by atoms with Crippen molar-refractivity contribution < 1.29 is 4.79 Å². The maximum Gasteiger partial charge on any atom is 0.272 e. The van der Waals surface area contributed by atoms with Crippen LogP contribution in [0.4, 0.5) is 5.69 Å². The Hall–Kier alpha value is -2.13. The highest BCUT2D eigenvalue weighted by molar-refractivity contribution is 5.92. The molecule has 0 aliphatic heterocycles. The van der Waals surface area contributed by atoms with E-state index in [1.807, 2.05) is 13.0 Å². The van der Waals surface area contributed by atoms with E-state index in [1.54, 1.807) is 17.0 Å². The van der Waals surface area contributed by atoms with E-state index in [2.05, 4.69) is 10.4 Å². The van der Waals surface area contributed by atoms with Crippen LogP contribution < -0.4 is 11.3 Å². The number of pyridine rings is 1. The quantitative estimate of drug-likeness (QED) is 0.577. The van der Waals surface area contributed by atoms with Gasteiger partial charge in [0.05, 0.1) is 24.4 Å². The van der Waals surface area contributed by atoms with Gasteiger partial charge in [0.15, 0.2) is 0 Å². The highest BCUT2D eigenvalue weighted by Crippen LogP contribution is 2.07. The maximum atomic E-state index is 12.0. The number of carbonyl (C=O) groups is 1. The molecule has 0 aliphatic carbocycles. The van der Waals surface area contributed by atoms with E-state index < -0.39 is 0 Å². The lowest BCUT2D eigenvalue weighted by molar-refractivity contribution is 0.0762. The Morgan fingerprint density at radius 2 is 2.41 bits per heavy atom.